The van der Waals surface area contributed by atoms with Crippen LogP contribution in [0, 0.1) is 10.1 Å². The van der Waals surface area contributed by atoms with Crippen LogP contribution in [0.2, 0.25) is 0 Å². The number of hydrogen-bond acceptors (Lipinski definition) is 6. The van der Waals surface area contributed by atoms with Gasteiger partial charge in [-0.1, -0.05) is 18.2 Å². The van der Waals surface area contributed by atoms with Gasteiger partial charge in [0, 0.05) is 41.5 Å². The van der Waals surface area contributed by atoms with E-state index in [4.69, 9.17) is 0 Å². The van der Waals surface area contributed by atoms with Crippen LogP contribution in [0.5, 0.6) is 0 Å². The maximum absolute atomic E-state index is 12.7. The van der Waals surface area contributed by atoms with Crippen molar-refractivity contribution >= 4 is 27.3 Å². The Bertz CT molecular complexity index is 1450. The summed E-state index contributed by atoms with van der Waals surface area (Å²) in [7, 11) is -4.04. The number of nitrogens with zero attached hydrogens (tertiary/aromatic N) is 3. The van der Waals surface area contributed by atoms with Crippen molar-refractivity contribution in [3.8, 4) is 5.69 Å². The first-order chi connectivity index (χ1) is 16.7. The Morgan fingerprint density at radius 2 is 1.77 bits per heavy atom. The van der Waals surface area contributed by atoms with E-state index in [0.717, 1.165) is 17.3 Å². The molecule has 0 radical (unpaired) electrons. The summed E-state index contributed by atoms with van der Waals surface area (Å²) in [6, 6.07) is 18.1. The molecule has 0 saturated heterocycles. The number of anilines is 1. The number of carbonyl (C=O) groups excluding carboxylic acids is 1. The Labute approximate surface area is 201 Å². The highest BCUT2D eigenvalue weighted by molar-refractivity contribution is 7.92. The van der Waals surface area contributed by atoms with Gasteiger partial charge in [0.05, 0.1) is 22.2 Å². The van der Waals surface area contributed by atoms with Crippen LogP contribution in [0.1, 0.15) is 28.9 Å². The fourth-order valence-corrected chi connectivity index (χ4v) is 4.48. The smallest absolute Gasteiger partial charge is 0.270 e. The first kappa shape index (κ1) is 23.6. The van der Waals surface area contributed by atoms with Gasteiger partial charge in [-0.3, -0.25) is 19.6 Å². The average Bonchev–Trinajstić information content (AvgIpc) is 3.39. The molecule has 0 bridgehead atoms. The fraction of sp³-hybridized carbons (Fsp3) is 0.0833. The van der Waals surface area contributed by atoms with E-state index < -0.39 is 14.9 Å². The first-order valence-corrected chi connectivity index (χ1v) is 12.0. The summed E-state index contributed by atoms with van der Waals surface area (Å²) < 4.78 is 29.4. The van der Waals surface area contributed by atoms with Crippen LogP contribution in [0.25, 0.3) is 5.69 Å². The van der Waals surface area contributed by atoms with Crippen LogP contribution in [-0.2, 0) is 10.0 Å². The molecular weight excluding hydrogens is 470 g/mol. The van der Waals surface area contributed by atoms with Gasteiger partial charge in [0.25, 0.3) is 21.6 Å². The largest absolute Gasteiger partial charge is 0.346 e. The number of non-ortho nitro benzene ring substituents is 1. The van der Waals surface area contributed by atoms with Gasteiger partial charge in [-0.2, -0.15) is 0 Å². The normalized spacial score (nSPS) is 12.0. The van der Waals surface area contributed by atoms with Crippen molar-refractivity contribution < 1.29 is 18.1 Å². The predicted molar refractivity (Wildman–Crippen MR) is 130 cm³/mol. The summed E-state index contributed by atoms with van der Waals surface area (Å²) in [5.41, 5.74) is 2.11. The molecule has 1 atom stereocenters. The lowest BCUT2D eigenvalue weighted by Gasteiger charge is -2.15. The van der Waals surface area contributed by atoms with Crippen molar-refractivity contribution in [1.29, 1.82) is 0 Å². The second-order valence-corrected chi connectivity index (χ2v) is 9.38. The number of benzene rings is 3. The minimum atomic E-state index is -4.04. The lowest BCUT2D eigenvalue weighted by Crippen LogP contribution is -2.26. The molecule has 3 aromatic carbocycles. The first-order valence-electron chi connectivity index (χ1n) is 10.5. The molecule has 0 aliphatic rings. The van der Waals surface area contributed by atoms with Crippen LogP contribution in [0.4, 0.5) is 11.4 Å². The van der Waals surface area contributed by atoms with Crippen LogP contribution in [-0.4, -0.2) is 28.8 Å². The standard InChI is InChI=1S/C24H21N5O5S/c1-17(18-7-11-21(12-8-18)28-14-13-25-16-28)26-24(30)19-5-9-20(10-6-19)27-35(33,34)23-4-2-3-22(15-23)29(31)32/h2-17,27H,1H3,(H,26,30). The molecule has 10 nitrogen and oxygen atoms in total. The summed E-state index contributed by atoms with van der Waals surface area (Å²) in [5.74, 6) is -0.315. The molecule has 0 fully saturated rings. The summed E-state index contributed by atoms with van der Waals surface area (Å²) >= 11 is 0. The summed E-state index contributed by atoms with van der Waals surface area (Å²) in [5, 5.41) is 13.8. The van der Waals surface area contributed by atoms with Gasteiger partial charge in [0.1, 0.15) is 0 Å². The number of sulfonamides is 1. The molecule has 0 spiro atoms. The minimum absolute atomic E-state index is 0.219. The number of nitrogens with one attached hydrogen (secondary N) is 2. The van der Waals surface area contributed by atoms with Crippen LogP contribution in [0.3, 0.4) is 0 Å². The van der Waals surface area contributed by atoms with Gasteiger partial charge in [-0.15, -0.1) is 0 Å². The number of carbonyl (C=O) groups is 1. The van der Waals surface area contributed by atoms with Gasteiger partial charge < -0.3 is 9.88 Å². The Kier molecular flexibility index (Phi) is 6.60. The van der Waals surface area contributed by atoms with Gasteiger partial charge in [0.2, 0.25) is 0 Å². The van der Waals surface area contributed by atoms with Gasteiger partial charge in [-0.25, -0.2) is 13.4 Å². The monoisotopic (exact) mass is 491 g/mol. The Hall–Kier alpha value is -4.51. The Balaban J connectivity index is 1.40. The molecule has 11 heteroatoms. The maximum atomic E-state index is 12.7. The molecule has 0 saturated carbocycles. The SMILES string of the molecule is CC(NC(=O)c1ccc(NS(=O)(=O)c2cccc([N+](=O)[O-])c2)cc1)c1ccc(-n2ccnc2)cc1. The van der Waals surface area contributed by atoms with E-state index >= 15 is 0 Å². The molecule has 35 heavy (non-hydrogen) atoms. The highest BCUT2D eigenvalue weighted by Gasteiger charge is 2.18. The second-order valence-electron chi connectivity index (χ2n) is 7.69. The fourth-order valence-electron chi connectivity index (χ4n) is 3.38. The van der Waals surface area contributed by atoms with E-state index in [1.807, 2.05) is 42.0 Å². The summed E-state index contributed by atoms with van der Waals surface area (Å²) in [6.07, 6.45) is 5.24. The van der Waals surface area contributed by atoms with E-state index in [2.05, 4.69) is 15.0 Å². The minimum Gasteiger partial charge on any atom is -0.346 e. The van der Waals surface area contributed by atoms with Crippen LogP contribution >= 0.6 is 0 Å². The molecule has 0 aliphatic carbocycles. The third-order valence-electron chi connectivity index (χ3n) is 5.28. The number of rotatable bonds is 8. The quantitative estimate of drug-likeness (QED) is 0.282. The average molecular weight is 492 g/mol. The number of aromatic nitrogens is 2. The van der Waals surface area contributed by atoms with E-state index in [1.54, 1.807) is 12.5 Å². The van der Waals surface area contributed by atoms with Crippen molar-refractivity contribution in [3.63, 3.8) is 0 Å². The summed E-state index contributed by atoms with van der Waals surface area (Å²) in [4.78, 5) is 26.7. The van der Waals surface area contributed by atoms with Crippen molar-refractivity contribution in [3.05, 3.63) is 113 Å². The number of nitro benzene ring substituents is 1. The predicted octanol–water partition coefficient (Wildman–Crippen LogP) is 4.07. The molecular formula is C24H21N5O5S. The number of amides is 1. The molecule has 0 aliphatic heterocycles. The molecule has 2 N–H and O–H groups in total. The lowest BCUT2D eigenvalue weighted by molar-refractivity contribution is -0.385. The molecule has 1 heterocycles. The topological polar surface area (TPSA) is 136 Å². The zero-order valence-corrected chi connectivity index (χ0v) is 19.3. The van der Waals surface area contributed by atoms with Crippen molar-refractivity contribution in [2.45, 2.75) is 17.9 Å². The lowest BCUT2D eigenvalue weighted by atomic mass is 10.1. The van der Waals surface area contributed by atoms with Crippen molar-refractivity contribution in [1.82, 2.24) is 14.9 Å². The van der Waals surface area contributed by atoms with E-state index in [1.165, 1.54) is 42.5 Å². The van der Waals surface area contributed by atoms with Crippen molar-refractivity contribution in [2.75, 3.05) is 4.72 Å². The Morgan fingerprint density at radius 1 is 1.06 bits per heavy atom. The van der Waals surface area contributed by atoms with Gasteiger partial charge in [0.15, 0.2) is 0 Å². The second kappa shape index (κ2) is 9.77. The summed E-state index contributed by atoms with van der Waals surface area (Å²) in [6.45, 7) is 1.87. The maximum Gasteiger partial charge on any atom is 0.270 e. The number of hydrogen-bond donors (Lipinski definition) is 2. The highest BCUT2D eigenvalue weighted by Crippen LogP contribution is 2.21. The molecule has 4 aromatic rings. The molecule has 1 unspecified atom stereocenters. The number of nitro groups is 1. The van der Waals surface area contributed by atoms with E-state index in [-0.39, 0.29) is 28.2 Å². The zero-order chi connectivity index (χ0) is 25.0. The van der Waals surface area contributed by atoms with Crippen LogP contribution < -0.4 is 10.0 Å². The molecule has 178 valence electrons. The van der Waals surface area contributed by atoms with Crippen molar-refractivity contribution in [2.24, 2.45) is 0 Å². The number of imidazole rings is 1. The zero-order valence-electron chi connectivity index (χ0n) is 18.5. The van der Waals surface area contributed by atoms with Gasteiger partial charge in [-0.05, 0) is 55.0 Å². The molecule has 1 aromatic heterocycles. The highest BCUT2D eigenvalue weighted by atomic mass is 32.2. The third-order valence-corrected chi connectivity index (χ3v) is 6.66. The van der Waals surface area contributed by atoms with Gasteiger partial charge >= 0.3 is 0 Å². The van der Waals surface area contributed by atoms with Crippen LogP contribution in [0.15, 0.2) is 96.4 Å². The van der Waals surface area contributed by atoms with E-state index in [0.29, 0.717) is 5.56 Å². The van der Waals surface area contributed by atoms with E-state index in [9.17, 15) is 23.3 Å². The molecule has 1 amide bonds. The third kappa shape index (κ3) is 5.53. The molecule has 4 rings (SSSR count). The Morgan fingerprint density at radius 3 is 2.40 bits per heavy atom.